The summed E-state index contributed by atoms with van der Waals surface area (Å²) < 4.78 is 40.3. The molecule has 1 heterocycles. The number of carbonyl (C=O) groups excluding carboxylic acids is 1. The fourth-order valence-corrected chi connectivity index (χ4v) is 2.76. The van der Waals surface area contributed by atoms with E-state index in [-0.39, 0.29) is 30.3 Å². The van der Waals surface area contributed by atoms with Gasteiger partial charge in [-0.3, -0.25) is 4.79 Å². The lowest BCUT2D eigenvalue weighted by Gasteiger charge is -2.28. The number of para-hydroxylation sites is 1. The van der Waals surface area contributed by atoms with Crippen molar-refractivity contribution < 1.29 is 18.0 Å². The van der Waals surface area contributed by atoms with Gasteiger partial charge in [0.15, 0.2) is 5.69 Å². The van der Waals surface area contributed by atoms with Gasteiger partial charge in [0.2, 0.25) is 0 Å². The van der Waals surface area contributed by atoms with Crippen molar-refractivity contribution in [3.63, 3.8) is 0 Å². The van der Waals surface area contributed by atoms with Crippen LogP contribution in [0, 0.1) is 5.92 Å². The van der Waals surface area contributed by atoms with Crippen LogP contribution in [-0.4, -0.2) is 33.0 Å². The minimum atomic E-state index is -4.53. The largest absolute Gasteiger partial charge is 0.418 e. The van der Waals surface area contributed by atoms with E-state index < -0.39 is 23.2 Å². The summed E-state index contributed by atoms with van der Waals surface area (Å²) in [5.74, 6) is -0.196. The Morgan fingerprint density at radius 2 is 2.00 bits per heavy atom. The molecule has 1 aliphatic carbocycles. The van der Waals surface area contributed by atoms with Crippen LogP contribution in [0.25, 0.3) is 5.69 Å². The van der Waals surface area contributed by atoms with Gasteiger partial charge >= 0.3 is 6.18 Å². The number of amides is 1. The van der Waals surface area contributed by atoms with Crippen molar-refractivity contribution in [1.29, 1.82) is 0 Å². The molecule has 1 fully saturated rings. The summed E-state index contributed by atoms with van der Waals surface area (Å²) in [6.07, 6.45) is -1.38. The Kier molecular flexibility index (Phi) is 5.62. The molecule has 1 atom stereocenters. The first kappa shape index (κ1) is 20.2. The Morgan fingerprint density at radius 1 is 1.35 bits per heavy atom. The van der Waals surface area contributed by atoms with Gasteiger partial charge in [-0.2, -0.15) is 13.2 Å². The van der Waals surface area contributed by atoms with Gasteiger partial charge < -0.3 is 11.1 Å². The maximum absolute atomic E-state index is 13.1. The normalized spacial score (nSPS) is 16.5. The van der Waals surface area contributed by atoms with Crippen molar-refractivity contribution in [2.45, 2.75) is 31.5 Å². The molecule has 3 rings (SSSR count). The Morgan fingerprint density at radius 3 is 2.58 bits per heavy atom. The second kappa shape index (κ2) is 7.24. The number of halogens is 4. The highest BCUT2D eigenvalue weighted by molar-refractivity contribution is 5.92. The first-order chi connectivity index (χ1) is 11.7. The van der Waals surface area contributed by atoms with E-state index in [1.54, 1.807) is 0 Å². The van der Waals surface area contributed by atoms with Crippen LogP contribution in [0.15, 0.2) is 30.5 Å². The van der Waals surface area contributed by atoms with E-state index in [4.69, 9.17) is 5.73 Å². The maximum atomic E-state index is 13.1. The van der Waals surface area contributed by atoms with E-state index in [1.807, 2.05) is 6.92 Å². The Hall–Kier alpha value is -2.13. The quantitative estimate of drug-likeness (QED) is 0.823. The number of nitrogens with zero attached hydrogens (tertiary/aromatic N) is 3. The van der Waals surface area contributed by atoms with Crippen LogP contribution in [0.5, 0.6) is 0 Å². The van der Waals surface area contributed by atoms with Gasteiger partial charge in [-0.25, -0.2) is 4.68 Å². The molecule has 0 spiro atoms. The second-order valence-electron chi connectivity index (χ2n) is 6.41. The number of aromatic nitrogens is 3. The zero-order valence-electron chi connectivity index (χ0n) is 14.0. The Labute approximate surface area is 154 Å². The molecule has 142 valence electrons. The fraction of sp³-hybridized carbons (Fsp3) is 0.438. The molecule has 3 N–H and O–H groups in total. The number of hydrogen-bond donors (Lipinski definition) is 2. The maximum Gasteiger partial charge on any atom is 0.418 e. The monoisotopic (exact) mass is 389 g/mol. The Balaban J connectivity index is 0.00000243. The molecule has 0 bridgehead atoms. The molecular formula is C16H19ClF3N5O. The summed E-state index contributed by atoms with van der Waals surface area (Å²) in [6, 6.07) is 4.98. The number of hydrogen-bond acceptors (Lipinski definition) is 4. The highest BCUT2D eigenvalue weighted by Gasteiger charge is 2.42. The molecule has 1 saturated carbocycles. The second-order valence-corrected chi connectivity index (χ2v) is 6.41. The van der Waals surface area contributed by atoms with Gasteiger partial charge in [0.05, 0.1) is 23.0 Å². The summed E-state index contributed by atoms with van der Waals surface area (Å²) >= 11 is 0. The molecule has 26 heavy (non-hydrogen) atoms. The molecule has 1 aliphatic rings. The molecule has 1 aromatic heterocycles. The standard InChI is InChI=1S/C16H18F3N5O.ClH/c1-15(9-20,10-6-7-10)21-14(25)12-8-24(23-22-12)13-5-3-2-4-11(13)16(17,18)19;/h2-5,8,10H,6-7,9,20H2,1H3,(H,21,25);1H. The molecular weight excluding hydrogens is 371 g/mol. The van der Waals surface area contributed by atoms with Crippen LogP contribution in [0.4, 0.5) is 13.2 Å². The number of carbonyl (C=O) groups is 1. The highest BCUT2D eigenvalue weighted by Crippen LogP contribution is 2.39. The van der Waals surface area contributed by atoms with Crippen LogP contribution in [0.1, 0.15) is 35.8 Å². The third kappa shape index (κ3) is 3.99. The molecule has 1 unspecified atom stereocenters. The molecule has 1 amide bonds. The lowest BCUT2D eigenvalue weighted by atomic mass is 9.96. The van der Waals surface area contributed by atoms with E-state index in [0.717, 1.165) is 23.6 Å². The van der Waals surface area contributed by atoms with Crippen LogP contribution in [0.2, 0.25) is 0 Å². The topological polar surface area (TPSA) is 85.8 Å². The SMILES string of the molecule is CC(CN)(NC(=O)c1cn(-c2ccccc2C(F)(F)F)nn1)C1CC1.Cl. The van der Waals surface area contributed by atoms with Crippen LogP contribution >= 0.6 is 12.4 Å². The molecule has 6 nitrogen and oxygen atoms in total. The van der Waals surface area contributed by atoms with Crippen molar-refractivity contribution in [3.8, 4) is 5.69 Å². The molecule has 0 saturated heterocycles. The molecule has 1 aromatic carbocycles. The average Bonchev–Trinajstić information content (AvgIpc) is 3.32. The highest BCUT2D eigenvalue weighted by atomic mass is 35.5. The van der Waals surface area contributed by atoms with Crippen LogP contribution in [0.3, 0.4) is 0 Å². The minimum Gasteiger partial charge on any atom is -0.344 e. The molecule has 0 radical (unpaired) electrons. The van der Waals surface area contributed by atoms with Crippen LogP contribution < -0.4 is 11.1 Å². The van der Waals surface area contributed by atoms with Gasteiger partial charge in [-0.05, 0) is 37.8 Å². The fourth-order valence-electron chi connectivity index (χ4n) is 2.76. The third-order valence-corrected chi connectivity index (χ3v) is 4.48. The number of nitrogens with one attached hydrogen (secondary N) is 1. The van der Waals surface area contributed by atoms with Crippen molar-refractivity contribution >= 4 is 18.3 Å². The first-order valence-corrected chi connectivity index (χ1v) is 7.86. The van der Waals surface area contributed by atoms with E-state index in [1.165, 1.54) is 24.4 Å². The van der Waals surface area contributed by atoms with E-state index >= 15 is 0 Å². The third-order valence-electron chi connectivity index (χ3n) is 4.48. The van der Waals surface area contributed by atoms with E-state index in [0.29, 0.717) is 5.92 Å². The van der Waals surface area contributed by atoms with Gasteiger partial charge in [-0.1, -0.05) is 17.3 Å². The van der Waals surface area contributed by atoms with E-state index in [2.05, 4.69) is 15.6 Å². The van der Waals surface area contributed by atoms with Gasteiger partial charge in [0, 0.05) is 6.54 Å². The zero-order chi connectivity index (χ0) is 18.2. The lowest BCUT2D eigenvalue weighted by Crippen LogP contribution is -2.53. The predicted octanol–water partition coefficient (Wildman–Crippen LogP) is 2.57. The molecule has 10 heteroatoms. The summed E-state index contributed by atoms with van der Waals surface area (Å²) in [5.41, 5.74) is 4.11. The number of rotatable bonds is 5. The number of benzene rings is 1. The smallest absolute Gasteiger partial charge is 0.344 e. The summed E-state index contributed by atoms with van der Waals surface area (Å²) in [6.45, 7) is 2.13. The Bertz CT molecular complexity index is 790. The van der Waals surface area contributed by atoms with Crippen molar-refractivity contribution in [2.24, 2.45) is 11.7 Å². The molecule has 2 aromatic rings. The van der Waals surface area contributed by atoms with E-state index in [9.17, 15) is 18.0 Å². The van der Waals surface area contributed by atoms with Crippen LogP contribution in [-0.2, 0) is 6.18 Å². The van der Waals surface area contributed by atoms with Crippen molar-refractivity contribution in [2.75, 3.05) is 6.54 Å². The molecule has 0 aliphatic heterocycles. The zero-order valence-corrected chi connectivity index (χ0v) is 14.8. The summed E-state index contributed by atoms with van der Waals surface area (Å²) in [4.78, 5) is 12.4. The first-order valence-electron chi connectivity index (χ1n) is 7.86. The number of alkyl halides is 3. The predicted molar refractivity (Wildman–Crippen MR) is 91.3 cm³/mol. The van der Waals surface area contributed by atoms with Gasteiger partial charge in [0.1, 0.15) is 0 Å². The number of nitrogens with two attached hydrogens (primary N) is 1. The van der Waals surface area contributed by atoms with Gasteiger partial charge in [0.25, 0.3) is 5.91 Å². The summed E-state index contributed by atoms with van der Waals surface area (Å²) in [5, 5.41) is 10.2. The summed E-state index contributed by atoms with van der Waals surface area (Å²) in [7, 11) is 0. The minimum absolute atomic E-state index is 0. The lowest BCUT2D eigenvalue weighted by molar-refractivity contribution is -0.137. The van der Waals surface area contributed by atoms with Gasteiger partial charge in [-0.15, -0.1) is 17.5 Å². The average molecular weight is 390 g/mol. The van der Waals surface area contributed by atoms with Crippen molar-refractivity contribution in [1.82, 2.24) is 20.3 Å². The van der Waals surface area contributed by atoms with Crippen molar-refractivity contribution in [3.05, 3.63) is 41.7 Å².